The number of allylic oxidation sites excluding steroid dienone is 7. The van der Waals surface area contributed by atoms with Gasteiger partial charge >= 0.3 is 11.9 Å². The third-order valence-electron chi connectivity index (χ3n) is 10.8. The van der Waals surface area contributed by atoms with Gasteiger partial charge in [-0.2, -0.15) is 0 Å². The first-order chi connectivity index (χ1) is 30.1. The number of unbranched alkanes of at least 4 members (excludes halogenated alkanes) is 9. The van der Waals surface area contributed by atoms with E-state index in [1.807, 2.05) is 39.4 Å². The van der Waals surface area contributed by atoms with Gasteiger partial charge in [0, 0.05) is 25.7 Å². The van der Waals surface area contributed by atoms with E-state index in [4.69, 9.17) is 22.9 Å². The van der Waals surface area contributed by atoms with E-state index in [0.717, 1.165) is 88.6 Å². The monoisotopic (exact) mass is 908 g/mol. The van der Waals surface area contributed by atoms with Crippen LogP contribution in [-0.4, -0.2) is 92.5 Å². The number of rotatable bonds is 39. The Morgan fingerprint density at radius 1 is 0.683 bits per heavy atom. The number of carbonyl (C=O) groups is 2. The third kappa shape index (κ3) is 31.6. The van der Waals surface area contributed by atoms with E-state index in [1.54, 1.807) is 0 Å². The molecule has 1 rings (SSSR count). The molecule has 0 aliphatic rings. The van der Waals surface area contributed by atoms with Crippen molar-refractivity contribution in [1.82, 2.24) is 0 Å². The van der Waals surface area contributed by atoms with Gasteiger partial charge in [-0.05, 0) is 89.2 Å². The Morgan fingerprint density at radius 2 is 1.21 bits per heavy atom. The van der Waals surface area contributed by atoms with Gasteiger partial charge in [-0.3, -0.25) is 14.2 Å². The maximum absolute atomic E-state index is 12.8. The predicted molar refractivity (Wildman–Crippen MR) is 251 cm³/mol. The Hall–Kier alpha value is -2.83. The van der Waals surface area contributed by atoms with E-state index in [0.29, 0.717) is 17.4 Å². The molecule has 0 spiro atoms. The zero-order chi connectivity index (χ0) is 46.8. The molecular formula is C50H86NO11P. The summed E-state index contributed by atoms with van der Waals surface area (Å²) in [7, 11) is 0.961. The van der Waals surface area contributed by atoms with Crippen LogP contribution in [0.5, 0.6) is 0 Å². The number of carbonyl (C=O) groups excluding carboxylic acids is 2. The number of aliphatic hydroxyl groups is 2. The second-order valence-corrected chi connectivity index (χ2v) is 19.0. The number of ether oxygens (including phenoxy) is 2. The second-order valence-electron chi connectivity index (χ2n) is 17.6. The number of nitrogens with zero attached hydrogens (tertiary/aromatic N) is 1. The molecule has 12 nitrogen and oxygen atoms in total. The quantitative estimate of drug-likeness (QED) is 0.0212. The maximum atomic E-state index is 12.8. The van der Waals surface area contributed by atoms with E-state index in [1.165, 1.54) is 36.8 Å². The summed E-state index contributed by atoms with van der Waals surface area (Å²) in [5.41, 5.74) is 2.63. The molecule has 0 amide bonds. The molecule has 0 saturated heterocycles. The summed E-state index contributed by atoms with van der Waals surface area (Å²) in [6.07, 6.45) is 31.4. The maximum Gasteiger partial charge on any atom is 0.306 e. The molecule has 0 aliphatic heterocycles. The van der Waals surface area contributed by atoms with Gasteiger partial charge in [0.25, 0.3) is 7.82 Å². The number of quaternary nitrogens is 1. The molecule has 4 atom stereocenters. The lowest BCUT2D eigenvalue weighted by atomic mass is 10.0. The fraction of sp³-hybridized carbons (Fsp3) is 0.720. The lowest BCUT2D eigenvalue weighted by Gasteiger charge is -2.28. The van der Waals surface area contributed by atoms with Gasteiger partial charge in [0.2, 0.25) is 0 Å². The van der Waals surface area contributed by atoms with Crippen LogP contribution in [-0.2, 0) is 45.5 Å². The summed E-state index contributed by atoms with van der Waals surface area (Å²) in [5.74, 6) is 1.16. The largest absolute Gasteiger partial charge is 0.756 e. The van der Waals surface area contributed by atoms with Crippen molar-refractivity contribution >= 4 is 19.8 Å². The molecule has 362 valence electrons. The van der Waals surface area contributed by atoms with Crippen LogP contribution in [0.15, 0.2) is 53.0 Å². The van der Waals surface area contributed by atoms with Crippen molar-refractivity contribution in [3.8, 4) is 0 Å². The third-order valence-corrected chi connectivity index (χ3v) is 11.7. The number of phosphoric acid groups is 1. The first-order valence-corrected chi connectivity index (χ1v) is 25.3. The average molecular weight is 908 g/mol. The van der Waals surface area contributed by atoms with E-state index >= 15 is 0 Å². The summed E-state index contributed by atoms with van der Waals surface area (Å²) in [4.78, 5) is 37.8. The Balaban J connectivity index is 2.44. The molecule has 0 bridgehead atoms. The highest BCUT2D eigenvalue weighted by Gasteiger charge is 2.23. The smallest absolute Gasteiger partial charge is 0.306 e. The molecule has 0 saturated carbocycles. The Morgan fingerprint density at radius 3 is 1.78 bits per heavy atom. The number of likely N-dealkylation sites (N-methyl/N-ethyl adjacent to an activating group) is 1. The van der Waals surface area contributed by atoms with Crippen molar-refractivity contribution in [2.75, 3.05) is 47.5 Å². The molecule has 63 heavy (non-hydrogen) atoms. The van der Waals surface area contributed by atoms with Crippen LogP contribution in [0.4, 0.5) is 0 Å². The van der Waals surface area contributed by atoms with Gasteiger partial charge in [-0.1, -0.05) is 114 Å². The van der Waals surface area contributed by atoms with Gasteiger partial charge < -0.3 is 42.5 Å². The van der Waals surface area contributed by atoms with Crippen molar-refractivity contribution in [1.29, 1.82) is 0 Å². The summed E-state index contributed by atoms with van der Waals surface area (Å²) in [6, 6.07) is 0. The SMILES string of the molecule is CC/C=C\C/C=C\C/C=C\C/C=C\C[C@@H](O)[C@H](O)CCCC(=O)O[C@H](COC(=O)CCCCCCCCCCc1oc(CCCCC)c(C)c1C)COP(=O)([O-])OCC[N+](C)(C)C. The molecule has 1 unspecified atom stereocenters. The van der Waals surface area contributed by atoms with Crippen molar-refractivity contribution in [2.24, 2.45) is 0 Å². The molecule has 1 heterocycles. The summed E-state index contributed by atoms with van der Waals surface area (Å²) < 4.78 is 40.0. The standard InChI is InChI=1S/C50H86NO11P/c1-8-10-12-13-14-15-16-17-18-21-24-28-32-45(52)46(53)33-31-37-50(55)61-44(41-60-63(56,57)59-39-38-51(5,6)7)40-58-49(54)36-30-26-23-20-19-22-25-29-35-48-43(4)42(3)47(62-48)34-27-11-9-2/h10,12,14-15,17-18,24,28,44-46,52-53H,8-9,11,13,16,19-23,25-27,29-41H2,1-7H3/b12-10-,15-14-,18-17-,28-24-/t44-,45-,46-/m1/s1. The first-order valence-electron chi connectivity index (χ1n) is 23.9. The number of phosphoric ester groups is 1. The van der Waals surface area contributed by atoms with Crippen LogP contribution in [0, 0.1) is 13.8 Å². The lowest BCUT2D eigenvalue weighted by molar-refractivity contribution is -0.870. The highest BCUT2D eigenvalue weighted by molar-refractivity contribution is 7.45. The number of furan rings is 1. The number of aryl methyl sites for hydroxylation is 2. The van der Waals surface area contributed by atoms with Gasteiger partial charge in [-0.15, -0.1) is 0 Å². The van der Waals surface area contributed by atoms with Crippen molar-refractivity contribution in [3.05, 3.63) is 71.3 Å². The molecule has 0 aliphatic carbocycles. The summed E-state index contributed by atoms with van der Waals surface area (Å²) in [5, 5.41) is 20.8. The molecule has 0 radical (unpaired) electrons. The Bertz CT molecular complexity index is 1530. The number of esters is 2. The van der Waals surface area contributed by atoms with E-state index in [-0.39, 0.29) is 45.3 Å². The Kier molecular flexibility index (Phi) is 32.7. The topological polar surface area (TPSA) is 165 Å². The second kappa shape index (κ2) is 35.4. The van der Waals surface area contributed by atoms with Gasteiger partial charge in [0.1, 0.15) is 31.3 Å². The minimum atomic E-state index is -4.72. The number of aliphatic hydroxyl groups excluding tert-OH is 2. The van der Waals surface area contributed by atoms with E-state index in [9.17, 15) is 29.3 Å². The zero-order valence-corrected chi connectivity index (χ0v) is 41.1. The highest BCUT2D eigenvalue weighted by atomic mass is 31.2. The average Bonchev–Trinajstić information content (AvgIpc) is 3.49. The van der Waals surface area contributed by atoms with Gasteiger partial charge in [0.05, 0.1) is 40.0 Å². The molecule has 1 aromatic rings. The van der Waals surface area contributed by atoms with E-state index < -0.39 is 44.7 Å². The summed E-state index contributed by atoms with van der Waals surface area (Å²) >= 11 is 0. The van der Waals surface area contributed by atoms with Gasteiger partial charge in [-0.25, -0.2) is 0 Å². The van der Waals surface area contributed by atoms with Crippen LogP contribution in [0.3, 0.4) is 0 Å². The molecular weight excluding hydrogens is 822 g/mol. The fourth-order valence-electron chi connectivity index (χ4n) is 6.63. The molecule has 0 aromatic carbocycles. The van der Waals surface area contributed by atoms with Gasteiger partial charge in [0.15, 0.2) is 6.10 Å². The fourth-order valence-corrected chi connectivity index (χ4v) is 7.35. The van der Waals surface area contributed by atoms with E-state index in [2.05, 4.69) is 58.1 Å². The predicted octanol–water partition coefficient (Wildman–Crippen LogP) is 10.4. The van der Waals surface area contributed by atoms with Crippen LogP contribution in [0.1, 0.15) is 165 Å². The summed E-state index contributed by atoms with van der Waals surface area (Å²) in [6.45, 7) is 8.05. The van der Waals surface area contributed by atoms with Crippen molar-refractivity contribution in [3.63, 3.8) is 0 Å². The van der Waals surface area contributed by atoms with Crippen molar-refractivity contribution < 1.29 is 56.7 Å². The van der Waals surface area contributed by atoms with Crippen LogP contribution in [0.2, 0.25) is 0 Å². The molecule has 13 heteroatoms. The zero-order valence-electron chi connectivity index (χ0n) is 40.2. The lowest BCUT2D eigenvalue weighted by Crippen LogP contribution is -2.37. The molecule has 2 N–H and O–H groups in total. The van der Waals surface area contributed by atoms with Crippen LogP contribution >= 0.6 is 7.82 Å². The highest BCUT2D eigenvalue weighted by Crippen LogP contribution is 2.38. The minimum Gasteiger partial charge on any atom is -0.756 e. The normalized spacial score (nSPS) is 14.9. The van der Waals surface area contributed by atoms with Crippen LogP contribution in [0.25, 0.3) is 0 Å². The minimum absolute atomic E-state index is 0.0918. The van der Waals surface area contributed by atoms with Crippen molar-refractivity contribution in [2.45, 2.75) is 187 Å². The van der Waals surface area contributed by atoms with Crippen LogP contribution < -0.4 is 4.89 Å². The molecule has 1 aromatic heterocycles. The number of hydrogen-bond acceptors (Lipinski definition) is 11. The Labute approximate surface area is 381 Å². The first kappa shape index (κ1) is 58.2. The number of hydrogen-bond donors (Lipinski definition) is 2. The molecule has 0 fully saturated rings.